The molecule has 288 valence electrons. The van der Waals surface area contributed by atoms with Crippen LogP contribution in [-0.2, 0) is 37.4 Å². The highest BCUT2D eigenvalue weighted by Crippen LogP contribution is 2.21. The predicted molar refractivity (Wildman–Crippen MR) is 202 cm³/mol. The van der Waals surface area contributed by atoms with Crippen molar-refractivity contribution in [3.8, 4) is 0 Å². The largest absolute Gasteiger partial charge is 0.481 e. The number of carboxylic acids is 2. The predicted octanol–water partition coefficient (Wildman–Crippen LogP) is 5.76. The summed E-state index contributed by atoms with van der Waals surface area (Å²) in [7, 11) is 1.93. The molecule has 0 saturated carbocycles. The van der Waals surface area contributed by atoms with Crippen molar-refractivity contribution in [3.63, 3.8) is 0 Å². The summed E-state index contributed by atoms with van der Waals surface area (Å²) >= 11 is 0. The Morgan fingerprint density at radius 3 is 2.30 bits per heavy atom. The minimum absolute atomic E-state index is 0.0519. The zero-order valence-electron chi connectivity index (χ0n) is 30.7. The lowest BCUT2D eigenvalue weighted by Gasteiger charge is -2.21. The average Bonchev–Trinajstić information content (AvgIpc) is 3.48. The fourth-order valence-electron chi connectivity index (χ4n) is 4.93. The Labute approximate surface area is 313 Å². The first-order valence-electron chi connectivity index (χ1n) is 17.6. The van der Waals surface area contributed by atoms with E-state index in [0.717, 1.165) is 48.3 Å². The minimum atomic E-state index is -1.08. The second-order valence-electron chi connectivity index (χ2n) is 11.8. The van der Waals surface area contributed by atoms with Crippen LogP contribution in [0.5, 0.6) is 0 Å². The summed E-state index contributed by atoms with van der Waals surface area (Å²) in [5, 5.41) is 23.1. The van der Waals surface area contributed by atoms with Gasteiger partial charge in [-0.1, -0.05) is 44.4 Å². The third-order valence-corrected chi connectivity index (χ3v) is 7.75. The number of rotatable bonds is 19. The number of hydrazone groups is 1. The van der Waals surface area contributed by atoms with Crippen LogP contribution in [0.2, 0.25) is 0 Å². The number of unbranched alkanes of at least 4 members (excludes halogenated alkanes) is 3. The molecule has 4 aromatic rings. The van der Waals surface area contributed by atoms with Gasteiger partial charge >= 0.3 is 24.0 Å². The normalized spacial score (nSPS) is 10.6. The standard InChI is InChI=1S/C34H41N7O5.C4H6O4/c1-4-6-7-10-21-46-34(44)39-37-23-25-12-15-27(16-13-25)36-24-31-38-28-22-26(14-17-29(28)40(31)3)33(43)41(20-18-32(42)45-5-2)30-11-8-9-19-35-30;5-3(6)1-2-4(7)8/h8-9,11-17,19,22-23,36H,4-7,10,18,20-21,24H2,1-3H3,(H,39,44);1-2H2,(H,5,6)(H,7,8)/b37-23+;. The fraction of sp³-hybridized carbons (Fsp3) is 0.368. The number of amides is 2. The number of esters is 1. The highest BCUT2D eigenvalue weighted by atomic mass is 16.6. The van der Waals surface area contributed by atoms with Crippen LogP contribution in [0, 0.1) is 0 Å². The molecule has 2 amide bonds. The van der Waals surface area contributed by atoms with Crippen molar-refractivity contribution in [3.05, 3.63) is 83.8 Å². The van der Waals surface area contributed by atoms with Crippen molar-refractivity contribution in [2.75, 3.05) is 30.0 Å². The molecule has 0 aliphatic heterocycles. The summed E-state index contributed by atoms with van der Waals surface area (Å²) in [5.41, 5.74) is 6.07. The molecule has 0 atom stereocenters. The van der Waals surface area contributed by atoms with Crippen molar-refractivity contribution in [1.82, 2.24) is 20.0 Å². The quantitative estimate of drug-likeness (QED) is 0.0390. The number of aromatic nitrogens is 3. The monoisotopic (exact) mass is 745 g/mol. The molecule has 4 N–H and O–H groups in total. The van der Waals surface area contributed by atoms with Gasteiger partial charge in [-0.15, -0.1) is 0 Å². The lowest BCUT2D eigenvalue weighted by Crippen LogP contribution is -2.34. The first kappa shape index (κ1) is 42.1. The second-order valence-corrected chi connectivity index (χ2v) is 11.8. The van der Waals surface area contributed by atoms with Crippen LogP contribution in [-0.4, -0.2) is 80.6 Å². The van der Waals surface area contributed by atoms with E-state index >= 15 is 0 Å². The number of benzene rings is 2. The molecule has 0 saturated heterocycles. The van der Waals surface area contributed by atoms with Gasteiger partial charge in [-0.25, -0.2) is 20.2 Å². The van der Waals surface area contributed by atoms with Gasteiger partial charge in [0, 0.05) is 31.0 Å². The van der Waals surface area contributed by atoms with Crippen molar-refractivity contribution in [2.45, 2.75) is 65.3 Å². The summed E-state index contributed by atoms with van der Waals surface area (Å²) < 4.78 is 12.1. The number of aliphatic carboxylic acids is 2. The summed E-state index contributed by atoms with van der Waals surface area (Å²) in [6, 6.07) is 18.3. The van der Waals surface area contributed by atoms with Crippen LogP contribution in [0.3, 0.4) is 0 Å². The van der Waals surface area contributed by atoms with Gasteiger partial charge in [-0.2, -0.15) is 5.10 Å². The molecule has 0 radical (unpaired) electrons. The number of anilines is 2. The number of pyridine rings is 1. The number of fused-ring (bicyclic) bond motifs is 1. The van der Waals surface area contributed by atoms with Crippen LogP contribution < -0.4 is 15.6 Å². The van der Waals surface area contributed by atoms with E-state index in [4.69, 9.17) is 24.7 Å². The Hall–Kier alpha value is -6.32. The molecule has 0 fully saturated rings. The SMILES string of the molecule is CCCCCCOC(=O)N/N=C/c1ccc(NCc2nc3cc(C(=O)N(CCC(=O)OCC)c4ccccn4)ccc3n2C)cc1.O=C(O)CCC(=O)O. The molecule has 16 heteroatoms. The van der Waals surface area contributed by atoms with Crippen LogP contribution >= 0.6 is 0 Å². The lowest BCUT2D eigenvalue weighted by molar-refractivity contribution is -0.143. The number of aryl methyl sites for hydroxylation is 1. The van der Waals surface area contributed by atoms with Gasteiger partial charge in [0.05, 0.1) is 56.3 Å². The maximum absolute atomic E-state index is 13.6. The lowest BCUT2D eigenvalue weighted by atomic mass is 10.1. The average molecular weight is 746 g/mol. The Morgan fingerprint density at radius 1 is 0.907 bits per heavy atom. The van der Waals surface area contributed by atoms with Crippen molar-refractivity contribution >= 4 is 58.7 Å². The molecule has 0 aliphatic rings. The maximum Gasteiger partial charge on any atom is 0.427 e. The first-order valence-corrected chi connectivity index (χ1v) is 17.6. The number of carbonyl (C=O) groups is 5. The molecule has 0 aliphatic carbocycles. The van der Waals surface area contributed by atoms with E-state index in [1.807, 2.05) is 41.9 Å². The molecule has 4 rings (SSSR count). The number of nitrogens with one attached hydrogen (secondary N) is 2. The van der Waals surface area contributed by atoms with Gasteiger partial charge in [-0.3, -0.25) is 24.1 Å². The second kappa shape index (κ2) is 22.6. The zero-order chi connectivity index (χ0) is 39.3. The molecule has 0 bridgehead atoms. The molecule has 0 unspecified atom stereocenters. The van der Waals surface area contributed by atoms with Gasteiger partial charge < -0.3 is 29.6 Å². The molecule has 2 aromatic carbocycles. The Morgan fingerprint density at radius 2 is 1.65 bits per heavy atom. The van der Waals surface area contributed by atoms with E-state index in [0.29, 0.717) is 30.0 Å². The smallest absolute Gasteiger partial charge is 0.427 e. The fourth-order valence-corrected chi connectivity index (χ4v) is 4.93. The van der Waals surface area contributed by atoms with Gasteiger partial charge in [0.2, 0.25) is 0 Å². The number of carboxylic acid groups (broad SMARTS) is 2. The van der Waals surface area contributed by atoms with E-state index in [-0.39, 0.29) is 44.3 Å². The third-order valence-electron chi connectivity index (χ3n) is 7.75. The first-order chi connectivity index (χ1) is 26.0. The highest BCUT2D eigenvalue weighted by Gasteiger charge is 2.21. The van der Waals surface area contributed by atoms with Gasteiger partial charge in [-0.05, 0) is 61.4 Å². The number of ether oxygens (including phenoxy) is 2. The maximum atomic E-state index is 13.6. The summed E-state index contributed by atoms with van der Waals surface area (Å²) in [6.07, 6.45) is 6.20. The Bertz CT molecular complexity index is 1850. The topological polar surface area (TPSA) is 215 Å². The van der Waals surface area contributed by atoms with Crippen molar-refractivity contribution in [1.29, 1.82) is 0 Å². The zero-order valence-corrected chi connectivity index (χ0v) is 30.7. The molecule has 54 heavy (non-hydrogen) atoms. The van der Waals surface area contributed by atoms with Crippen LogP contribution in [0.15, 0.2) is 72.0 Å². The highest BCUT2D eigenvalue weighted by molar-refractivity contribution is 6.07. The molecule has 2 aromatic heterocycles. The van der Waals surface area contributed by atoms with Crippen molar-refractivity contribution in [2.24, 2.45) is 12.1 Å². The van der Waals surface area contributed by atoms with Crippen LogP contribution in [0.4, 0.5) is 16.3 Å². The van der Waals surface area contributed by atoms with E-state index in [1.165, 1.54) is 4.90 Å². The molecular weight excluding hydrogens is 698 g/mol. The number of nitrogens with zero attached hydrogens (tertiary/aromatic N) is 5. The van der Waals surface area contributed by atoms with E-state index in [9.17, 15) is 24.0 Å². The van der Waals surface area contributed by atoms with Gasteiger partial charge in [0.1, 0.15) is 11.6 Å². The third kappa shape index (κ3) is 14.4. The molecular formula is C38H47N7O9. The molecule has 0 spiro atoms. The van der Waals surface area contributed by atoms with Crippen LogP contribution in [0.25, 0.3) is 11.0 Å². The summed E-state index contributed by atoms with van der Waals surface area (Å²) in [5.74, 6) is -1.58. The number of imidazole rings is 1. The Balaban J connectivity index is 0.000000879. The van der Waals surface area contributed by atoms with E-state index < -0.39 is 18.0 Å². The van der Waals surface area contributed by atoms with E-state index in [1.54, 1.807) is 49.7 Å². The van der Waals surface area contributed by atoms with Crippen LogP contribution in [0.1, 0.15) is 80.5 Å². The van der Waals surface area contributed by atoms with Gasteiger partial charge in [0.25, 0.3) is 5.91 Å². The summed E-state index contributed by atoms with van der Waals surface area (Å²) in [6.45, 7) is 5.13. The molecule has 16 nitrogen and oxygen atoms in total. The minimum Gasteiger partial charge on any atom is -0.481 e. The number of hydrogen-bond acceptors (Lipinski definition) is 11. The summed E-state index contributed by atoms with van der Waals surface area (Å²) in [4.78, 5) is 67.2. The van der Waals surface area contributed by atoms with Gasteiger partial charge in [0.15, 0.2) is 0 Å². The van der Waals surface area contributed by atoms with E-state index in [2.05, 4.69) is 27.8 Å². The number of carbonyl (C=O) groups excluding carboxylic acids is 3. The molecule has 2 heterocycles. The number of hydrogen-bond donors (Lipinski definition) is 4. The van der Waals surface area contributed by atoms with Crippen molar-refractivity contribution < 1.29 is 43.7 Å². The Kier molecular flexibility index (Phi) is 17.6.